The standard InChI is InChI=1S/C21H32N6O4S/c1-15(2)20-23-19(31-24-20)14-26-9-11-27(12-10-26)16(3)21(28)22-17-7-6-8-18(13-17)32(29,30)25(4)5/h6-8,13,15-16H,9-12,14H2,1-5H3,(H,22,28). The van der Waals surface area contributed by atoms with E-state index in [0.717, 1.165) is 30.5 Å². The predicted molar refractivity (Wildman–Crippen MR) is 121 cm³/mol. The lowest BCUT2D eigenvalue weighted by molar-refractivity contribution is -0.121. The summed E-state index contributed by atoms with van der Waals surface area (Å²) in [5.41, 5.74) is 0.459. The molecular formula is C21H32N6O4S. The third-order valence-electron chi connectivity index (χ3n) is 5.57. The molecule has 1 saturated heterocycles. The summed E-state index contributed by atoms with van der Waals surface area (Å²) < 4.78 is 31.1. The molecule has 0 radical (unpaired) electrons. The Morgan fingerprint density at radius 2 is 1.88 bits per heavy atom. The topological polar surface area (TPSA) is 112 Å². The number of hydrogen-bond donors (Lipinski definition) is 1. The van der Waals surface area contributed by atoms with E-state index in [1.165, 1.54) is 26.2 Å². The highest BCUT2D eigenvalue weighted by Crippen LogP contribution is 2.19. The second kappa shape index (κ2) is 10.1. The van der Waals surface area contributed by atoms with Crippen LogP contribution in [0.3, 0.4) is 0 Å². The van der Waals surface area contributed by atoms with Crippen molar-refractivity contribution in [1.29, 1.82) is 0 Å². The Bertz CT molecular complexity index is 1030. The zero-order chi connectivity index (χ0) is 23.5. The van der Waals surface area contributed by atoms with Crippen molar-refractivity contribution in [2.75, 3.05) is 45.6 Å². The third kappa shape index (κ3) is 5.71. The van der Waals surface area contributed by atoms with Gasteiger partial charge in [-0.2, -0.15) is 4.98 Å². The maximum absolute atomic E-state index is 12.8. The van der Waals surface area contributed by atoms with Crippen molar-refractivity contribution in [3.63, 3.8) is 0 Å². The molecule has 0 saturated carbocycles. The van der Waals surface area contributed by atoms with E-state index in [9.17, 15) is 13.2 Å². The first-order valence-electron chi connectivity index (χ1n) is 10.7. The number of carbonyl (C=O) groups excluding carboxylic acids is 1. The van der Waals surface area contributed by atoms with Gasteiger partial charge >= 0.3 is 0 Å². The Balaban J connectivity index is 1.54. The van der Waals surface area contributed by atoms with Crippen molar-refractivity contribution in [3.05, 3.63) is 36.0 Å². The van der Waals surface area contributed by atoms with Gasteiger partial charge in [-0.1, -0.05) is 25.1 Å². The van der Waals surface area contributed by atoms with E-state index in [4.69, 9.17) is 4.52 Å². The fourth-order valence-corrected chi connectivity index (χ4v) is 4.37. The van der Waals surface area contributed by atoms with Crippen LogP contribution in [0.25, 0.3) is 0 Å². The number of anilines is 1. The van der Waals surface area contributed by atoms with Crippen molar-refractivity contribution in [2.24, 2.45) is 0 Å². The minimum absolute atomic E-state index is 0.142. The lowest BCUT2D eigenvalue weighted by Crippen LogP contribution is -2.52. The molecule has 1 aromatic heterocycles. The summed E-state index contributed by atoms with van der Waals surface area (Å²) in [4.78, 5) is 21.7. The zero-order valence-electron chi connectivity index (χ0n) is 19.3. The van der Waals surface area contributed by atoms with Crippen LogP contribution in [0.4, 0.5) is 5.69 Å². The molecule has 1 fully saturated rings. The number of benzene rings is 1. The van der Waals surface area contributed by atoms with Gasteiger partial charge < -0.3 is 9.84 Å². The van der Waals surface area contributed by atoms with E-state index in [2.05, 4.69) is 25.3 Å². The summed E-state index contributed by atoms with van der Waals surface area (Å²) >= 11 is 0. The van der Waals surface area contributed by atoms with E-state index in [-0.39, 0.29) is 22.8 Å². The molecule has 11 heteroatoms. The van der Waals surface area contributed by atoms with Gasteiger partial charge in [0.05, 0.1) is 17.5 Å². The molecule has 3 rings (SSSR count). The van der Waals surface area contributed by atoms with Crippen molar-refractivity contribution < 1.29 is 17.7 Å². The summed E-state index contributed by atoms with van der Waals surface area (Å²) in [5, 5.41) is 6.85. The molecular weight excluding hydrogens is 432 g/mol. The molecule has 32 heavy (non-hydrogen) atoms. The van der Waals surface area contributed by atoms with Crippen molar-refractivity contribution in [1.82, 2.24) is 24.2 Å². The van der Waals surface area contributed by atoms with Gasteiger partial charge in [0.1, 0.15) is 0 Å². The first-order chi connectivity index (χ1) is 15.1. The zero-order valence-corrected chi connectivity index (χ0v) is 20.1. The van der Waals surface area contributed by atoms with Crippen LogP contribution in [-0.2, 0) is 21.4 Å². The van der Waals surface area contributed by atoms with Crippen LogP contribution in [0.5, 0.6) is 0 Å². The molecule has 1 aliphatic rings. The average molecular weight is 465 g/mol. The van der Waals surface area contributed by atoms with E-state index < -0.39 is 10.0 Å². The van der Waals surface area contributed by atoms with Gasteiger partial charge in [0.15, 0.2) is 5.82 Å². The van der Waals surface area contributed by atoms with E-state index in [1.54, 1.807) is 12.1 Å². The number of sulfonamides is 1. The largest absolute Gasteiger partial charge is 0.338 e. The summed E-state index contributed by atoms with van der Waals surface area (Å²) in [5.74, 6) is 1.38. The van der Waals surface area contributed by atoms with Crippen molar-refractivity contribution in [2.45, 2.75) is 44.2 Å². The van der Waals surface area contributed by atoms with E-state index in [0.29, 0.717) is 23.9 Å². The summed E-state index contributed by atoms with van der Waals surface area (Å²) in [6, 6.07) is 5.96. The number of hydrogen-bond acceptors (Lipinski definition) is 8. The van der Waals surface area contributed by atoms with E-state index >= 15 is 0 Å². The number of amides is 1. The van der Waals surface area contributed by atoms with Gasteiger partial charge in [-0.25, -0.2) is 12.7 Å². The minimum Gasteiger partial charge on any atom is -0.338 e. The Hall–Kier alpha value is -2.34. The molecule has 1 unspecified atom stereocenters. The Kier molecular flexibility index (Phi) is 7.65. The lowest BCUT2D eigenvalue weighted by atomic mass is 10.2. The average Bonchev–Trinajstić information content (AvgIpc) is 3.22. The molecule has 10 nitrogen and oxygen atoms in total. The smallest absolute Gasteiger partial charge is 0.242 e. The first kappa shape index (κ1) is 24.3. The van der Waals surface area contributed by atoms with Crippen molar-refractivity contribution in [3.8, 4) is 0 Å². The summed E-state index contributed by atoms with van der Waals surface area (Å²) in [6.07, 6.45) is 0. The molecule has 0 aliphatic carbocycles. The van der Waals surface area contributed by atoms with Crippen molar-refractivity contribution >= 4 is 21.6 Å². The molecule has 1 aliphatic heterocycles. The fourth-order valence-electron chi connectivity index (χ4n) is 3.42. The number of aromatic nitrogens is 2. The highest BCUT2D eigenvalue weighted by atomic mass is 32.2. The van der Waals surface area contributed by atoms with Crippen LogP contribution in [-0.4, -0.2) is 84.9 Å². The van der Waals surface area contributed by atoms with Crippen LogP contribution in [0.1, 0.15) is 38.4 Å². The minimum atomic E-state index is -3.56. The quantitative estimate of drug-likeness (QED) is 0.627. The van der Waals surface area contributed by atoms with Gasteiger partial charge in [-0.05, 0) is 25.1 Å². The number of rotatable bonds is 8. The molecule has 2 heterocycles. The molecule has 0 spiro atoms. The molecule has 1 aromatic carbocycles. The van der Waals surface area contributed by atoms with Crippen LogP contribution < -0.4 is 5.32 Å². The molecule has 176 valence electrons. The molecule has 2 aromatic rings. The summed E-state index contributed by atoms with van der Waals surface area (Å²) in [6.45, 7) is 9.54. The number of piperazine rings is 1. The third-order valence-corrected chi connectivity index (χ3v) is 7.38. The van der Waals surface area contributed by atoms with Gasteiger partial charge in [-0.3, -0.25) is 14.6 Å². The second-order valence-electron chi connectivity index (χ2n) is 8.49. The van der Waals surface area contributed by atoms with Gasteiger partial charge in [0.2, 0.25) is 21.8 Å². The highest BCUT2D eigenvalue weighted by Gasteiger charge is 2.27. The Morgan fingerprint density at radius 3 is 2.47 bits per heavy atom. The maximum Gasteiger partial charge on any atom is 0.242 e. The normalized spacial score (nSPS) is 17.1. The Morgan fingerprint density at radius 1 is 1.19 bits per heavy atom. The number of carbonyl (C=O) groups is 1. The van der Waals surface area contributed by atoms with Crippen LogP contribution >= 0.6 is 0 Å². The molecule has 1 N–H and O–H groups in total. The van der Waals surface area contributed by atoms with Gasteiger partial charge in [0, 0.05) is 51.9 Å². The van der Waals surface area contributed by atoms with Gasteiger partial charge in [-0.15, -0.1) is 0 Å². The van der Waals surface area contributed by atoms with Gasteiger partial charge in [0.25, 0.3) is 0 Å². The molecule has 0 bridgehead atoms. The summed E-state index contributed by atoms with van der Waals surface area (Å²) in [7, 11) is -0.610. The maximum atomic E-state index is 12.8. The first-order valence-corrected chi connectivity index (χ1v) is 12.1. The fraction of sp³-hybridized carbons (Fsp3) is 0.571. The number of nitrogens with one attached hydrogen (secondary N) is 1. The SMILES string of the molecule is CC(C)c1noc(CN2CCN(C(C)C(=O)Nc3cccc(S(=O)(=O)N(C)C)c3)CC2)n1. The predicted octanol–water partition coefficient (Wildman–Crippen LogP) is 1.59. The Labute approximate surface area is 189 Å². The van der Waals surface area contributed by atoms with Crippen LogP contribution in [0.2, 0.25) is 0 Å². The monoisotopic (exact) mass is 464 g/mol. The lowest BCUT2D eigenvalue weighted by Gasteiger charge is -2.36. The second-order valence-corrected chi connectivity index (χ2v) is 10.6. The molecule has 1 amide bonds. The highest BCUT2D eigenvalue weighted by molar-refractivity contribution is 7.89. The van der Waals surface area contributed by atoms with Crippen LogP contribution in [0.15, 0.2) is 33.7 Å². The van der Waals surface area contributed by atoms with Crippen LogP contribution in [0, 0.1) is 0 Å². The number of nitrogens with zero attached hydrogens (tertiary/aromatic N) is 5. The van der Waals surface area contributed by atoms with E-state index in [1.807, 2.05) is 20.8 Å². The molecule has 1 atom stereocenters.